The largest absolute Gasteiger partial charge is 0.483 e. The summed E-state index contributed by atoms with van der Waals surface area (Å²) in [5, 5.41) is 6.89. The minimum absolute atomic E-state index is 0.167. The smallest absolute Gasteiger partial charge is 0.290 e. The van der Waals surface area contributed by atoms with E-state index in [0.29, 0.717) is 0 Å². The Balaban J connectivity index is 0.000000492. The molecule has 0 radical (unpaired) electrons. The summed E-state index contributed by atoms with van der Waals surface area (Å²) in [7, 11) is 0. The summed E-state index contributed by atoms with van der Waals surface area (Å²) < 4.78 is 15.1. The van der Waals surface area contributed by atoms with Gasteiger partial charge in [-0.15, -0.1) is 0 Å². The molecular formula is C13H18FNO2S. The first kappa shape index (κ1) is 15.0. The van der Waals surface area contributed by atoms with Crippen molar-refractivity contribution in [2.24, 2.45) is 0 Å². The second-order valence-electron chi connectivity index (χ2n) is 4.67. The summed E-state index contributed by atoms with van der Waals surface area (Å²) >= 11 is 1.73. The second kappa shape index (κ2) is 6.75. The van der Waals surface area contributed by atoms with Crippen molar-refractivity contribution in [2.45, 2.75) is 37.1 Å². The molecule has 5 heteroatoms. The van der Waals surface area contributed by atoms with Crippen LogP contribution in [-0.2, 0) is 4.79 Å². The number of benzene rings is 1. The van der Waals surface area contributed by atoms with E-state index in [9.17, 15) is 4.39 Å². The van der Waals surface area contributed by atoms with Crippen molar-refractivity contribution < 1.29 is 14.3 Å². The summed E-state index contributed by atoms with van der Waals surface area (Å²) in [4.78, 5) is 9.48. The molecule has 1 aromatic rings. The van der Waals surface area contributed by atoms with Crippen LogP contribution in [0.1, 0.15) is 26.7 Å². The van der Waals surface area contributed by atoms with Gasteiger partial charge in [-0.1, -0.05) is 0 Å². The van der Waals surface area contributed by atoms with E-state index in [1.807, 2.05) is 12.1 Å². The molecule has 3 nitrogen and oxygen atoms in total. The van der Waals surface area contributed by atoms with E-state index in [1.165, 1.54) is 25.0 Å². The number of carboxylic acid groups (broad SMARTS) is 1. The minimum Gasteiger partial charge on any atom is -0.483 e. The summed E-state index contributed by atoms with van der Waals surface area (Å²) in [5.41, 5.74) is 0.263. The molecule has 0 aromatic heterocycles. The Morgan fingerprint density at radius 1 is 1.39 bits per heavy atom. The van der Waals surface area contributed by atoms with Crippen molar-refractivity contribution >= 4 is 18.4 Å². The average molecular weight is 271 g/mol. The molecule has 0 saturated carbocycles. The zero-order valence-electron chi connectivity index (χ0n) is 10.6. The third-order valence-electron chi connectivity index (χ3n) is 2.85. The molecule has 1 N–H and O–H groups in total. The molecule has 0 aliphatic carbocycles. The molecule has 1 saturated heterocycles. The van der Waals surface area contributed by atoms with Crippen molar-refractivity contribution in [3.05, 3.63) is 30.1 Å². The van der Waals surface area contributed by atoms with Gasteiger partial charge in [-0.25, -0.2) is 8.70 Å². The zero-order chi connectivity index (χ0) is 13.6. The van der Waals surface area contributed by atoms with E-state index in [2.05, 4.69) is 18.2 Å². The highest BCUT2D eigenvalue weighted by Crippen LogP contribution is 2.37. The predicted octanol–water partition coefficient (Wildman–Crippen LogP) is 3.41. The molecule has 1 aromatic carbocycles. The van der Waals surface area contributed by atoms with E-state index >= 15 is 0 Å². The molecular weight excluding hydrogens is 253 g/mol. The highest BCUT2D eigenvalue weighted by molar-refractivity contribution is 7.97. The quantitative estimate of drug-likeness (QED) is 0.661. The standard InChI is InChI=1S/C12H16FNS.CH2O2/c1-12(2)8-3-9-14(12)15-11-6-4-10(13)5-7-11;2-1-3/h4-7H,3,8-9H2,1-2H3;1H,(H,2,3). The van der Waals surface area contributed by atoms with Gasteiger partial charge in [0.25, 0.3) is 6.47 Å². The summed E-state index contributed by atoms with van der Waals surface area (Å²) in [6, 6.07) is 6.72. The lowest BCUT2D eigenvalue weighted by atomic mass is 10.0. The Morgan fingerprint density at radius 2 is 1.94 bits per heavy atom. The fourth-order valence-corrected chi connectivity index (χ4v) is 2.95. The number of carbonyl (C=O) groups is 1. The molecule has 0 spiro atoms. The van der Waals surface area contributed by atoms with E-state index in [4.69, 9.17) is 9.90 Å². The van der Waals surface area contributed by atoms with Crippen LogP contribution in [0.15, 0.2) is 29.2 Å². The Labute approximate surface area is 111 Å². The van der Waals surface area contributed by atoms with Crippen molar-refractivity contribution in [1.29, 1.82) is 0 Å². The molecule has 2 rings (SSSR count). The monoisotopic (exact) mass is 271 g/mol. The first-order valence-corrected chi connectivity index (χ1v) is 6.56. The molecule has 100 valence electrons. The number of rotatable bonds is 2. The van der Waals surface area contributed by atoms with Crippen molar-refractivity contribution in [2.75, 3.05) is 6.54 Å². The zero-order valence-corrected chi connectivity index (χ0v) is 11.4. The maximum atomic E-state index is 12.7. The van der Waals surface area contributed by atoms with Crippen LogP contribution in [0.3, 0.4) is 0 Å². The lowest BCUT2D eigenvalue weighted by Gasteiger charge is -2.30. The van der Waals surface area contributed by atoms with Gasteiger partial charge >= 0.3 is 0 Å². The van der Waals surface area contributed by atoms with Crippen LogP contribution in [0, 0.1) is 5.82 Å². The third-order valence-corrected chi connectivity index (χ3v) is 4.23. The van der Waals surface area contributed by atoms with Crippen molar-refractivity contribution in [3.8, 4) is 0 Å². The van der Waals surface area contributed by atoms with Gasteiger partial charge in [0.1, 0.15) is 5.82 Å². The molecule has 0 bridgehead atoms. The maximum absolute atomic E-state index is 12.7. The summed E-state index contributed by atoms with van der Waals surface area (Å²) in [5.74, 6) is -0.167. The van der Waals surface area contributed by atoms with Gasteiger partial charge < -0.3 is 5.11 Å². The summed E-state index contributed by atoms with van der Waals surface area (Å²) in [6.45, 7) is 5.39. The van der Waals surface area contributed by atoms with Crippen LogP contribution >= 0.6 is 11.9 Å². The number of hydrogen-bond acceptors (Lipinski definition) is 3. The fourth-order valence-electron chi connectivity index (χ4n) is 1.87. The Bertz CT molecular complexity index is 381. The predicted molar refractivity (Wildman–Crippen MR) is 71.0 cm³/mol. The number of hydrogen-bond donors (Lipinski definition) is 1. The number of halogens is 1. The molecule has 1 heterocycles. The van der Waals surface area contributed by atoms with E-state index in [1.54, 1.807) is 11.9 Å². The first-order valence-electron chi connectivity index (χ1n) is 5.78. The Hall–Kier alpha value is -1.07. The van der Waals surface area contributed by atoms with Crippen molar-refractivity contribution in [3.63, 3.8) is 0 Å². The lowest BCUT2D eigenvalue weighted by Crippen LogP contribution is -2.32. The van der Waals surface area contributed by atoms with Gasteiger partial charge in [0.05, 0.1) is 0 Å². The van der Waals surface area contributed by atoms with Crippen LogP contribution in [-0.4, -0.2) is 28.0 Å². The SMILES string of the molecule is CC1(C)CCCN1Sc1ccc(F)cc1.O=CO. The fraction of sp³-hybridized carbons (Fsp3) is 0.462. The molecule has 0 amide bonds. The first-order chi connectivity index (χ1) is 8.49. The highest BCUT2D eigenvalue weighted by Gasteiger charge is 2.32. The van der Waals surface area contributed by atoms with E-state index < -0.39 is 0 Å². The van der Waals surface area contributed by atoms with Gasteiger partial charge in [-0.3, -0.25) is 4.79 Å². The second-order valence-corrected chi connectivity index (χ2v) is 5.76. The van der Waals surface area contributed by atoms with E-state index in [0.717, 1.165) is 11.4 Å². The van der Waals surface area contributed by atoms with Crippen molar-refractivity contribution in [1.82, 2.24) is 4.31 Å². The topological polar surface area (TPSA) is 40.5 Å². The lowest BCUT2D eigenvalue weighted by molar-refractivity contribution is -0.122. The molecule has 18 heavy (non-hydrogen) atoms. The molecule has 0 atom stereocenters. The van der Waals surface area contributed by atoms with Gasteiger partial charge in [0.2, 0.25) is 0 Å². The van der Waals surface area contributed by atoms with Gasteiger partial charge in [-0.05, 0) is 62.9 Å². The van der Waals surface area contributed by atoms with Gasteiger partial charge in [-0.2, -0.15) is 0 Å². The van der Waals surface area contributed by atoms with Crippen LogP contribution in [0.25, 0.3) is 0 Å². The van der Waals surface area contributed by atoms with Gasteiger partial charge in [0, 0.05) is 17.0 Å². The molecule has 1 aliphatic rings. The Morgan fingerprint density at radius 3 is 2.39 bits per heavy atom. The highest BCUT2D eigenvalue weighted by atomic mass is 32.2. The number of nitrogens with zero attached hydrogens (tertiary/aromatic N) is 1. The van der Waals surface area contributed by atoms with Crippen LogP contribution < -0.4 is 0 Å². The average Bonchev–Trinajstić information content (AvgIpc) is 2.63. The van der Waals surface area contributed by atoms with Gasteiger partial charge in [0.15, 0.2) is 0 Å². The molecule has 1 aliphatic heterocycles. The van der Waals surface area contributed by atoms with Crippen LogP contribution in [0.5, 0.6) is 0 Å². The summed E-state index contributed by atoms with van der Waals surface area (Å²) in [6.07, 6.45) is 2.49. The molecule has 0 unspecified atom stereocenters. The third kappa shape index (κ3) is 4.31. The van der Waals surface area contributed by atoms with E-state index in [-0.39, 0.29) is 17.8 Å². The van der Waals surface area contributed by atoms with Crippen LogP contribution in [0.4, 0.5) is 4.39 Å². The van der Waals surface area contributed by atoms with Crippen LogP contribution in [0.2, 0.25) is 0 Å². The molecule has 1 fully saturated rings. The normalized spacial score (nSPS) is 17.9. The maximum Gasteiger partial charge on any atom is 0.290 e. The Kier molecular flexibility index (Phi) is 5.62. The minimum atomic E-state index is -0.250.